The molecule has 0 N–H and O–H groups in total. The zero-order valence-corrected chi connectivity index (χ0v) is 17.8. The monoisotopic (exact) mass is 440 g/mol. The lowest BCUT2D eigenvalue weighted by Crippen LogP contribution is -2.16. The van der Waals surface area contributed by atoms with Crippen LogP contribution in [0, 0.1) is 23.6 Å². The maximum atomic E-state index is 15.0. The quantitative estimate of drug-likeness (QED) is 0.296. The van der Waals surface area contributed by atoms with Gasteiger partial charge in [-0.25, -0.2) is 4.39 Å². The third-order valence-corrected chi connectivity index (χ3v) is 6.30. The molecule has 1 nitrogen and oxygen atoms in total. The van der Waals surface area contributed by atoms with E-state index in [1.807, 2.05) is 18.2 Å². The van der Waals surface area contributed by atoms with Crippen LogP contribution in [0.5, 0.6) is 5.75 Å². The van der Waals surface area contributed by atoms with Gasteiger partial charge in [-0.05, 0) is 78.8 Å². The Morgan fingerprint density at radius 1 is 0.906 bits per heavy atom. The highest BCUT2D eigenvalue weighted by Gasteiger charge is 2.30. The molecule has 1 saturated carbocycles. The predicted octanol–water partition coefficient (Wildman–Crippen LogP) is 7.96. The van der Waals surface area contributed by atoms with Gasteiger partial charge in [0.15, 0.2) is 0 Å². The molecule has 166 valence electrons. The minimum Gasteiger partial charge on any atom is -0.406 e. The summed E-state index contributed by atoms with van der Waals surface area (Å²) in [5.41, 5.74) is 1.99. The number of halogens is 4. The molecule has 0 aromatic heterocycles. The number of hydrogen-bond acceptors (Lipinski definition) is 1. The van der Waals surface area contributed by atoms with Crippen LogP contribution in [0.25, 0.3) is 10.8 Å². The lowest BCUT2D eigenvalue weighted by Gasteiger charge is -2.28. The zero-order valence-electron chi connectivity index (χ0n) is 17.8. The first-order valence-electron chi connectivity index (χ1n) is 10.9. The van der Waals surface area contributed by atoms with E-state index in [-0.39, 0.29) is 17.1 Å². The first-order chi connectivity index (χ1) is 15.3. The number of benzene rings is 3. The van der Waals surface area contributed by atoms with E-state index < -0.39 is 6.36 Å². The lowest BCUT2D eigenvalue weighted by molar-refractivity contribution is -0.274. The first-order valence-corrected chi connectivity index (χ1v) is 10.9. The Labute approximate surface area is 185 Å². The van der Waals surface area contributed by atoms with Crippen LogP contribution >= 0.6 is 0 Å². The molecule has 1 aliphatic carbocycles. The number of rotatable bonds is 3. The van der Waals surface area contributed by atoms with Crippen molar-refractivity contribution in [2.75, 3.05) is 0 Å². The standard InChI is InChI=1S/C27H24F4O/c1-2-18-3-8-20(9-4-18)22-13-16-25-23(17-22)12-11-21(26(25)28)10-5-19-6-14-24(15-7-19)32-27(29,30)31/h6-7,11-18,20H,2-4,8-9H2,1H3. The highest BCUT2D eigenvalue weighted by Crippen LogP contribution is 2.38. The number of alkyl halides is 3. The summed E-state index contributed by atoms with van der Waals surface area (Å²) in [7, 11) is 0. The van der Waals surface area contributed by atoms with Gasteiger partial charge in [0.05, 0.1) is 5.56 Å². The lowest BCUT2D eigenvalue weighted by atomic mass is 9.77. The second-order valence-corrected chi connectivity index (χ2v) is 8.36. The van der Waals surface area contributed by atoms with E-state index in [0.29, 0.717) is 16.9 Å². The minimum atomic E-state index is -4.74. The zero-order chi connectivity index (χ0) is 22.7. The van der Waals surface area contributed by atoms with Crippen molar-refractivity contribution in [2.24, 2.45) is 5.92 Å². The molecule has 3 aromatic carbocycles. The Hall–Kier alpha value is -3.00. The maximum Gasteiger partial charge on any atom is 0.573 e. The molecular weight excluding hydrogens is 416 g/mol. The van der Waals surface area contributed by atoms with Gasteiger partial charge in [0.1, 0.15) is 11.6 Å². The number of fused-ring (bicyclic) bond motifs is 1. The molecule has 0 atom stereocenters. The van der Waals surface area contributed by atoms with Crippen LogP contribution in [0.15, 0.2) is 54.6 Å². The van der Waals surface area contributed by atoms with Crippen LogP contribution in [0.4, 0.5) is 17.6 Å². The Morgan fingerprint density at radius 3 is 2.28 bits per heavy atom. The Kier molecular flexibility index (Phi) is 6.41. The van der Waals surface area contributed by atoms with E-state index in [4.69, 9.17) is 0 Å². The summed E-state index contributed by atoms with van der Waals surface area (Å²) in [6.07, 6.45) is 1.38. The maximum absolute atomic E-state index is 15.0. The van der Waals surface area contributed by atoms with E-state index in [1.54, 1.807) is 6.07 Å². The van der Waals surface area contributed by atoms with Gasteiger partial charge in [-0.3, -0.25) is 0 Å². The summed E-state index contributed by atoms with van der Waals surface area (Å²) in [6, 6.07) is 14.7. The molecule has 0 bridgehead atoms. The van der Waals surface area contributed by atoms with Crippen LogP contribution in [-0.2, 0) is 0 Å². The average Bonchev–Trinajstić information content (AvgIpc) is 2.78. The summed E-state index contributed by atoms with van der Waals surface area (Å²) >= 11 is 0. The van der Waals surface area contributed by atoms with E-state index >= 15 is 4.39 Å². The van der Waals surface area contributed by atoms with Crippen molar-refractivity contribution in [3.63, 3.8) is 0 Å². The van der Waals surface area contributed by atoms with Crippen molar-refractivity contribution >= 4 is 10.8 Å². The molecule has 0 amide bonds. The average molecular weight is 440 g/mol. The molecule has 0 unspecified atom stereocenters. The van der Waals surface area contributed by atoms with Gasteiger partial charge in [0.25, 0.3) is 0 Å². The summed E-state index contributed by atoms with van der Waals surface area (Å²) in [4.78, 5) is 0. The molecule has 0 saturated heterocycles. The molecule has 32 heavy (non-hydrogen) atoms. The number of hydrogen-bond donors (Lipinski definition) is 0. The molecule has 3 aromatic rings. The van der Waals surface area contributed by atoms with Crippen molar-refractivity contribution < 1.29 is 22.3 Å². The highest BCUT2D eigenvalue weighted by molar-refractivity contribution is 5.85. The molecule has 0 heterocycles. The van der Waals surface area contributed by atoms with Crippen LogP contribution in [0.3, 0.4) is 0 Å². The van der Waals surface area contributed by atoms with Crippen LogP contribution in [0.2, 0.25) is 0 Å². The van der Waals surface area contributed by atoms with Crippen molar-refractivity contribution in [3.8, 4) is 17.6 Å². The summed E-state index contributed by atoms with van der Waals surface area (Å²) in [5.74, 6) is 6.26. The fourth-order valence-corrected chi connectivity index (χ4v) is 4.44. The van der Waals surface area contributed by atoms with Gasteiger partial charge in [-0.1, -0.05) is 49.5 Å². The second kappa shape index (κ2) is 9.24. The van der Waals surface area contributed by atoms with Crippen LogP contribution in [-0.4, -0.2) is 6.36 Å². The summed E-state index contributed by atoms with van der Waals surface area (Å²) < 4.78 is 55.6. The fraction of sp³-hybridized carbons (Fsp3) is 0.333. The Bertz CT molecular complexity index is 1140. The van der Waals surface area contributed by atoms with Crippen molar-refractivity contribution in [3.05, 3.63) is 77.1 Å². The second-order valence-electron chi connectivity index (χ2n) is 8.36. The van der Waals surface area contributed by atoms with Gasteiger partial charge >= 0.3 is 6.36 Å². The Balaban J connectivity index is 1.52. The third kappa shape index (κ3) is 5.24. The van der Waals surface area contributed by atoms with Gasteiger partial charge in [-0.2, -0.15) is 0 Å². The van der Waals surface area contributed by atoms with E-state index in [2.05, 4.69) is 29.6 Å². The predicted molar refractivity (Wildman–Crippen MR) is 118 cm³/mol. The highest BCUT2D eigenvalue weighted by atomic mass is 19.4. The largest absolute Gasteiger partial charge is 0.573 e. The summed E-state index contributed by atoms with van der Waals surface area (Å²) in [6.45, 7) is 2.25. The van der Waals surface area contributed by atoms with Gasteiger partial charge in [0, 0.05) is 10.9 Å². The molecule has 0 radical (unpaired) electrons. The molecule has 5 heteroatoms. The van der Waals surface area contributed by atoms with Crippen LogP contribution < -0.4 is 4.74 Å². The van der Waals surface area contributed by atoms with Crippen molar-refractivity contribution in [1.29, 1.82) is 0 Å². The summed E-state index contributed by atoms with van der Waals surface area (Å²) in [5, 5.41) is 1.38. The molecule has 1 fully saturated rings. The molecular formula is C27H24F4O. The van der Waals surface area contributed by atoms with E-state index in [0.717, 1.165) is 11.3 Å². The molecule has 0 spiro atoms. The smallest absolute Gasteiger partial charge is 0.406 e. The number of ether oxygens (including phenoxy) is 1. The van der Waals surface area contributed by atoms with Crippen molar-refractivity contribution in [1.82, 2.24) is 0 Å². The van der Waals surface area contributed by atoms with E-state index in [9.17, 15) is 13.2 Å². The minimum absolute atomic E-state index is 0.254. The topological polar surface area (TPSA) is 9.23 Å². The van der Waals surface area contributed by atoms with Gasteiger partial charge in [0.2, 0.25) is 0 Å². The van der Waals surface area contributed by atoms with Crippen LogP contribution in [0.1, 0.15) is 61.6 Å². The van der Waals surface area contributed by atoms with Gasteiger partial charge in [-0.15, -0.1) is 13.2 Å². The SMILES string of the molecule is CCC1CCC(c2ccc3c(F)c(C#Cc4ccc(OC(F)(F)F)cc4)ccc3c2)CC1. The first kappa shape index (κ1) is 22.2. The third-order valence-electron chi connectivity index (χ3n) is 6.30. The van der Waals surface area contributed by atoms with E-state index in [1.165, 1.54) is 61.9 Å². The molecule has 4 rings (SSSR count). The fourth-order valence-electron chi connectivity index (χ4n) is 4.44. The molecule has 0 aliphatic heterocycles. The Morgan fingerprint density at radius 2 is 1.62 bits per heavy atom. The van der Waals surface area contributed by atoms with Gasteiger partial charge < -0.3 is 4.74 Å². The van der Waals surface area contributed by atoms with Crippen molar-refractivity contribution in [2.45, 2.75) is 51.3 Å². The normalized spacial score (nSPS) is 18.8. The molecule has 1 aliphatic rings.